The van der Waals surface area contributed by atoms with Crippen LogP contribution in [-0.2, 0) is 11.3 Å². The minimum absolute atomic E-state index is 0.688. The van der Waals surface area contributed by atoms with Gasteiger partial charge in [0.15, 0.2) is 0 Å². The van der Waals surface area contributed by atoms with Gasteiger partial charge in [0.2, 0.25) is 0 Å². The van der Waals surface area contributed by atoms with Crippen LogP contribution in [0.4, 0.5) is 0 Å². The molecule has 1 aromatic rings. The molecule has 0 saturated carbocycles. The summed E-state index contributed by atoms with van der Waals surface area (Å²) in [5, 5.41) is 3.43. The lowest BCUT2D eigenvalue weighted by Crippen LogP contribution is -2.30. The molecule has 1 atom stereocenters. The number of pyridine rings is 1. The molecule has 88 valence electrons. The van der Waals surface area contributed by atoms with Crippen LogP contribution in [0.15, 0.2) is 24.5 Å². The number of nitrogens with zero attached hydrogens (tertiary/aromatic N) is 1. The second-order valence-corrected chi connectivity index (χ2v) is 4.41. The quantitative estimate of drug-likeness (QED) is 0.771. The van der Waals surface area contributed by atoms with Crippen molar-refractivity contribution >= 4 is 0 Å². The van der Waals surface area contributed by atoms with Crippen LogP contribution in [0.2, 0.25) is 0 Å². The summed E-state index contributed by atoms with van der Waals surface area (Å²) >= 11 is 0. The maximum absolute atomic E-state index is 5.65. The van der Waals surface area contributed by atoms with E-state index in [1.54, 1.807) is 6.20 Å². The molecule has 0 radical (unpaired) electrons. The summed E-state index contributed by atoms with van der Waals surface area (Å²) in [7, 11) is 0. The van der Waals surface area contributed by atoms with Crippen LogP contribution in [0.5, 0.6) is 0 Å². The minimum atomic E-state index is 0.688. The Bertz CT molecular complexity index is 283. The molecule has 1 aliphatic rings. The van der Waals surface area contributed by atoms with E-state index in [4.69, 9.17) is 4.74 Å². The first-order valence-corrected chi connectivity index (χ1v) is 6.12. The normalized spacial score (nSPS) is 20.9. The van der Waals surface area contributed by atoms with Gasteiger partial charge in [-0.1, -0.05) is 6.07 Å². The molecule has 1 aromatic heterocycles. The molecule has 1 N–H and O–H groups in total. The van der Waals surface area contributed by atoms with E-state index in [0.717, 1.165) is 24.6 Å². The van der Waals surface area contributed by atoms with E-state index in [1.807, 2.05) is 12.3 Å². The molecule has 3 heteroatoms. The molecular weight excluding hydrogens is 200 g/mol. The number of aromatic nitrogens is 1. The zero-order valence-electron chi connectivity index (χ0n) is 9.69. The monoisotopic (exact) mass is 220 g/mol. The van der Waals surface area contributed by atoms with Crippen molar-refractivity contribution in [2.75, 3.05) is 19.7 Å². The molecule has 0 spiro atoms. The molecule has 2 rings (SSSR count). The van der Waals surface area contributed by atoms with Crippen molar-refractivity contribution in [2.45, 2.75) is 25.9 Å². The van der Waals surface area contributed by atoms with E-state index < -0.39 is 0 Å². The van der Waals surface area contributed by atoms with Gasteiger partial charge in [0.1, 0.15) is 0 Å². The van der Waals surface area contributed by atoms with Gasteiger partial charge in [0.05, 0.1) is 6.61 Å². The third-order valence-corrected chi connectivity index (χ3v) is 3.06. The first-order valence-electron chi connectivity index (χ1n) is 6.12. The van der Waals surface area contributed by atoms with Crippen LogP contribution < -0.4 is 5.32 Å². The third-order valence-electron chi connectivity index (χ3n) is 3.06. The molecule has 0 bridgehead atoms. The fourth-order valence-corrected chi connectivity index (χ4v) is 2.09. The predicted molar refractivity (Wildman–Crippen MR) is 64.1 cm³/mol. The molecule has 3 nitrogen and oxygen atoms in total. The fraction of sp³-hybridized carbons (Fsp3) is 0.615. The average molecular weight is 220 g/mol. The van der Waals surface area contributed by atoms with Crippen molar-refractivity contribution in [1.82, 2.24) is 10.3 Å². The highest BCUT2D eigenvalue weighted by molar-refractivity contribution is 5.06. The number of rotatable bonds is 5. The van der Waals surface area contributed by atoms with E-state index in [1.165, 1.54) is 25.8 Å². The number of ether oxygens (including phenoxy) is 1. The largest absolute Gasteiger partial charge is 0.377 e. The van der Waals surface area contributed by atoms with E-state index in [0.29, 0.717) is 6.61 Å². The van der Waals surface area contributed by atoms with Crippen LogP contribution in [0.3, 0.4) is 0 Å². The van der Waals surface area contributed by atoms with Crippen LogP contribution >= 0.6 is 0 Å². The second kappa shape index (κ2) is 6.61. The lowest BCUT2D eigenvalue weighted by atomic mass is 9.97. The van der Waals surface area contributed by atoms with Gasteiger partial charge in [-0.05, 0) is 49.9 Å². The summed E-state index contributed by atoms with van der Waals surface area (Å²) in [6.07, 6.45) is 7.49. The van der Waals surface area contributed by atoms with Crippen LogP contribution in [0.25, 0.3) is 0 Å². The van der Waals surface area contributed by atoms with Crippen molar-refractivity contribution < 1.29 is 4.74 Å². The first-order chi connectivity index (χ1) is 7.95. The Kier molecular flexibility index (Phi) is 4.77. The first kappa shape index (κ1) is 11.6. The number of hydrogen-bond donors (Lipinski definition) is 1. The molecule has 1 saturated heterocycles. The molecule has 1 fully saturated rings. The molecular formula is C13H20N2O. The Morgan fingerprint density at radius 3 is 3.25 bits per heavy atom. The highest BCUT2D eigenvalue weighted by Gasteiger charge is 2.11. The zero-order chi connectivity index (χ0) is 11.1. The smallest absolute Gasteiger partial charge is 0.0731 e. The number of hydrogen-bond acceptors (Lipinski definition) is 3. The molecule has 1 aliphatic heterocycles. The van der Waals surface area contributed by atoms with Gasteiger partial charge in [-0.2, -0.15) is 0 Å². The van der Waals surface area contributed by atoms with E-state index in [-0.39, 0.29) is 0 Å². The highest BCUT2D eigenvalue weighted by atomic mass is 16.5. The van der Waals surface area contributed by atoms with Gasteiger partial charge in [-0.3, -0.25) is 4.98 Å². The number of piperidine rings is 1. The van der Waals surface area contributed by atoms with E-state index in [9.17, 15) is 0 Å². The lowest BCUT2D eigenvalue weighted by Gasteiger charge is -2.22. The predicted octanol–water partition coefficient (Wildman–Crippen LogP) is 1.99. The molecule has 16 heavy (non-hydrogen) atoms. The van der Waals surface area contributed by atoms with Crippen molar-refractivity contribution in [2.24, 2.45) is 5.92 Å². The summed E-state index contributed by atoms with van der Waals surface area (Å²) < 4.78 is 5.65. The molecule has 0 aromatic carbocycles. The summed E-state index contributed by atoms with van der Waals surface area (Å²) in [5.41, 5.74) is 1.16. The Morgan fingerprint density at radius 1 is 1.50 bits per heavy atom. The topological polar surface area (TPSA) is 34.1 Å². The third kappa shape index (κ3) is 3.91. The fourth-order valence-electron chi connectivity index (χ4n) is 2.09. The van der Waals surface area contributed by atoms with Crippen molar-refractivity contribution in [3.63, 3.8) is 0 Å². The molecule has 1 unspecified atom stereocenters. The Hall–Kier alpha value is -0.930. The van der Waals surface area contributed by atoms with Gasteiger partial charge in [-0.15, -0.1) is 0 Å². The van der Waals surface area contributed by atoms with Gasteiger partial charge < -0.3 is 10.1 Å². The van der Waals surface area contributed by atoms with Gasteiger partial charge in [0.25, 0.3) is 0 Å². The molecule has 2 heterocycles. The summed E-state index contributed by atoms with van der Waals surface area (Å²) in [6, 6.07) is 4.00. The lowest BCUT2D eigenvalue weighted by molar-refractivity contribution is 0.103. The van der Waals surface area contributed by atoms with E-state index >= 15 is 0 Å². The maximum Gasteiger partial charge on any atom is 0.0731 e. The molecule has 0 amide bonds. The number of nitrogens with one attached hydrogen (secondary N) is 1. The Morgan fingerprint density at radius 2 is 2.50 bits per heavy atom. The van der Waals surface area contributed by atoms with Crippen molar-refractivity contribution in [3.8, 4) is 0 Å². The summed E-state index contributed by atoms with van der Waals surface area (Å²) in [4.78, 5) is 4.06. The Balaban J connectivity index is 1.58. The second-order valence-electron chi connectivity index (χ2n) is 4.41. The minimum Gasteiger partial charge on any atom is -0.377 e. The van der Waals surface area contributed by atoms with Crippen molar-refractivity contribution in [1.29, 1.82) is 0 Å². The van der Waals surface area contributed by atoms with Gasteiger partial charge >= 0.3 is 0 Å². The van der Waals surface area contributed by atoms with Gasteiger partial charge in [-0.25, -0.2) is 0 Å². The van der Waals surface area contributed by atoms with Crippen LogP contribution in [0, 0.1) is 5.92 Å². The Labute approximate surface area is 97.2 Å². The summed E-state index contributed by atoms with van der Waals surface area (Å²) in [5.74, 6) is 0.808. The zero-order valence-corrected chi connectivity index (χ0v) is 9.69. The van der Waals surface area contributed by atoms with Gasteiger partial charge in [0, 0.05) is 19.0 Å². The van der Waals surface area contributed by atoms with Crippen LogP contribution in [-0.4, -0.2) is 24.7 Å². The van der Waals surface area contributed by atoms with Crippen molar-refractivity contribution in [3.05, 3.63) is 30.1 Å². The standard InChI is InChI=1S/C13H20N2O/c1-3-12(9-14-6-1)5-8-16-11-13-4-2-7-15-10-13/h2,4,7,10,12,14H,1,3,5-6,8-9,11H2. The SMILES string of the molecule is c1cncc(COCCC2CCCNC2)c1. The highest BCUT2D eigenvalue weighted by Crippen LogP contribution is 2.14. The van der Waals surface area contributed by atoms with Crippen LogP contribution in [0.1, 0.15) is 24.8 Å². The average Bonchev–Trinajstić information content (AvgIpc) is 2.37. The molecule has 0 aliphatic carbocycles. The van der Waals surface area contributed by atoms with E-state index in [2.05, 4.69) is 16.4 Å². The maximum atomic E-state index is 5.65. The summed E-state index contributed by atoms with van der Waals surface area (Å²) in [6.45, 7) is 3.90.